The van der Waals surface area contributed by atoms with Crippen molar-refractivity contribution >= 4 is 11.5 Å². The number of halogens is 1. The number of anilines is 2. The van der Waals surface area contributed by atoms with Crippen molar-refractivity contribution in [1.82, 2.24) is 9.97 Å². The number of aromatic nitrogens is 2. The average molecular weight is 304 g/mol. The summed E-state index contributed by atoms with van der Waals surface area (Å²) in [5.74, 6) is 0.657. The molecule has 0 fully saturated rings. The van der Waals surface area contributed by atoms with Crippen LogP contribution in [0.5, 0.6) is 0 Å². The van der Waals surface area contributed by atoms with Crippen LogP contribution in [0.2, 0.25) is 0 Å². The predicted molar refractivity (Wildman–Crippen MR) is 86.6 cm³/mol. The third-order valence-electron chi connectivity index (χ3n) is 3.25. The van der Waals surface area contributed by atoms with Crippen LogP contribution in [0.4, 0.5) is 15.9 Å². The lowest BCUT2D eigenvalue weighted by Gasteiger charge is -2.09. The number of hydrogen-bond donors (Lipinski definition) is 1. The van der Waals surface area contributed by atoms with Gasteiger partial charge in [0.25, 0.3) is 0 Å². The van der Waals surface area contributed by atoms with E-state index in [-0.39, 0.29) is 5.56 Å². The van der Waals surface area contributed by atoms with Crippen LogP contribution in [0.25, 0.3) is 11.4 Å². The molecule has 2 aromatic carbocycles. The Balaban J connectivity index is 1.95. The molecule has 0 spiro atoms. The molecule has 23 heavy (non-hydrogen) atoms. The van der Waals surface area contributed by atoms with E-state index in [1.165, 1.54) is 12.1 Å². The van der Waals surface area contributed by atoms with Crippen molar-refractivity contribution in [1.29, 1.82) is 5.26 Å². The first-order valence-electron chi connectivity index (χ1n) is 7.03. The third kappa shape index (κ3) is 3.33. The number of nitriles is 1. The van der Waals surface area contributed by atoms with Crippen LogP contribution in [-0.2, 0) is 0 Å². The Labute approximate surface area is 133 Å². The smallest absolute Gasteiger partial charge is 0.161 e. The molecule has 0 aliphatic rings. The molecule has 1 heterocycles. The number of rotatable bonds is 3. The van der Waals surface area contributed by atoms with Gasteiger partial charge in [0.15, 0.2) is 5.82 Å². The summed E-state index contributed by atoms with van der Waals surface area (Å²) < 4.78 is 13.4. The third-order valence-corrected chi connectivity index (χ3v) is 3.25. The first kappa shape index (κ1) is 14.7. The van der Waals surface area contributed by atoms with E-state index >= 15 is 0 Å². The molecular formula is C18H13FN4. The first-order valence-corrected chi connectivity index (χ1v) is 7.03. The predicted octanol–water partition coefficient (Wildman–Crippen LogP) is 4.21. The fourth-order valence-electron chi connectivity index (χ4n) is 2.19. The minimum atomic E-state index is -0.540. The van der Waals surface area contributed by atoms with Gasteiger partial charge < -0.3 is 5.32 Å². The molecule has 0 atom stereocenters. The van der Waals surface area contributed by atoms with E-state index in [1.54, 1.807) is 12.1 Å². The van der Waals surface area contributed by atoms with Crippen molar-refractivity contribution in [3.63, 3.8) is 0 Å². The van der Waals surface area contributed by atoms with Gasteiger partial charge in [-0.05, 0) is 25.1 Å². The fourth-order valence-corrected chi connectivity index (χ4v) is 2.19. The second kappa shape index (κ2) is 6.24. The van der Waals surface area contributed by atoms with Crippen molar-refractivity contribution < 1.29 is 4.39 Å². The SMILES string of the molecule is Cc1cc(Nc2ccc(F)c(C#N)c2)nc(-c2ccccc2)n1. The summed E-state index contributed by atoms with van der Waals surface area (Å²) in [6.45, 7) is 1.88. The van der Waals surface area contributed by atoms with E-state index in [0.29, 0.717) is 17.3 Å². The van der Waals surface area contributed by atoms with E-state index < -0.39 is 5.82 Å². The molecule has 0 radical (unpaired) electrons. The summed E-state index contributed by atoms with van der Waals surface area (Å²) in [7, 11) is 0. The summed E-state index contributed by atoms with van der Waals surface area (Å²) in [6.07, 6.45) is 0. The Morgan fingerprint density at radius 3 is 2.57 bits per heavy atom. The van der Waals surface area contributed by atoms with Crippen molar-refractivity contribution in [2.45, 2.75) is 6.92 Å². The molecule has 0 unspecified atom stereocenters. The molecule has 1 N–H and O–H groups in total. The van der Waals surface area contributed by atoms with Gasteiger partial charge in [-0.1, -0.05) is 30.3 Å². The second-order valence-corrected chi connectivity index (χ2v) is 5.02. The van der Waals surface area contributed by atoms with E-state index in [1.807, 2.05) is 43.3 Å². The van der Waals surface area contributed by atoms with Gasteiger partial charge in [0, 0.05) is 23.0 Å². The molecule has 0 saturated carbocycles. The summed E-state index contributed by atoms with van der Waals surface area (Å²) in [4.78, 5) is 8.91. The van der Waals surface area contributed by atoms with E-state index in [0.717, 1.165) is 11.3 Å². The Hall–Kier alpha value is -3.26. The Kier molecular flexibility index (Phi) is 3.98. The maximum Gasteiger partial charge on any atom is 0.161 e. The summed E-state index contributed by atoms with van der Waals surface area (Å²) >= 11 is 0. The van der Waals surface area contributed by atoms with Crippen LogP contribution in [0.3, 0.4) is 0 Å². The van der Waals surface area contributed by atoms with Crippen molar-refractivity contribution in [3.05, 3.63) is 71.7 Å². The van der Waals surface area contributed by atoms with Crippen molar-refractivity contribution in [2.24, 2.45) is 0 Å². The highest BCUT2D eigenvalue weighted by Crippen LogP contribution is 2.21. The highest BCUT2D eigenvalue weighted by molar-refractivity contribution is 5.62. The van der Waals surface area contributed by atoms with Gasteiger partial charge in [-0.2, -0.15) is 5.26 Å². The van der Waals surface area contributed by atoms with Crippen LogP contribution in [0, 0.1) is 24.1 Å². The van der Waals surface area contributed by atoms with E-state index in [9.17, 15) is 4.39 Å². The van der Waals surface area contributed by atoms with Gasteiger partial charge in [0.05, 0.1) is 5.56 Å². The Morgan fingerprint density at radius 2 is 1.83 bits per heavy atom. The molecule has 0 amide bonds. The molecular weight excluding hydrogens is 291 g/mol. The second-order valence-electron chi connectivity index (χ2n) is 5.02. The maximum atomic E-state index is 13.4. The Morgan fingerprint density at radius 1 is 1.04 bits per heavy atom. The number of aryl methyl sites for hydroxylation is 1. The van der Waals surface area contributed by atoms with Crippen LogP contribution in [0.1, 0.15) is 11.3 Å². The van der Waals surface area contributed by atoms with E-state index in [4.69, 9.17) is 5.26 Å². The highest BCUT2D eigenvalue weighted by Gasteiger charge is 2.07. The summed E-state index contributed by atoms with van der Waals surface area (Å²) in [5.41, 5.74) is 2.31. The van der Waals surface area contributed by atoms with Gasteiger partial charge >= 0.3 is 0 Å². The molecule has 3 rings (SSSR count). The average Bonchev–Trinajstić information content (AvgIpc) is 2.57. The number of benzene rings is 2. The first-order chi connectivity index (χ1) is 11.2. The van der Waals surface area contributed by atoms with Crippen LogP contribution in [-0.4, -0.2) is 9.97 Å². The van der Waals surface area contributed by atoms with Crippen LogP contribution in [0.15, 0.2) is 54.6 Å². The van der Waals surface area contributed by atoms with Gasteiger partial charge in [-0.25, -0.2) is 14.4 Å². The molecule has 0 aliphatic carbocycles. The number of nitrogens with zero attached hydrogens (tertiary/aromatic N) is 3. The van der Waals surface area contributed by atoms with Gasteiger partial charge in [0.2, 0.25) is 0 Å². The normalized spacial score (nSPS) is 10.1. The topological polar surface area (TPSA) is 61.6 Å². The zero-order valence-corrected chi connectivity index (χ0v) is 12.4. The van der Waals surface area contributed by atoms with Gasteiger partial charge in [0.1, 0.15) is 17.7 Å². The van der Waals surface area contributed by atoms with Gasteiger partial charge in [-0.15, -0.1) is 0 Å². The fraction of sp³-hybridized carbons (Fsp3) is 0.0556. The monoisotopic (exact) mass is 304 g/mol. The molecule has 4 nitrogen and oxygen atoms in total. The number of nitrogens with one attached hydrogen (secondary N) is 1. The minimum absolute atomic E-state index is 0.0101. The van der Waals surface area contributed by atoms with E-state index in [2.05, 4.69) is 15.3 Å². The molecule has 0 aliphatic heterocycles. The zero-order chi connectivity index (χ0) is 16.2. The lowest BCUT2D eigenvalue weighted by molar-refractivity contribution is 0.624. The zero-order valence-electron chi connectivity index (χ0n) is 12.4. The lowest BCUT2D eigenvalue weighted by atomic mass is 10.2. The van der Waals surface area contributed by atoms with Crippen LogP contribution >= 0.6 is 0 Å². The lowest BCUT2D eigenvalue weighted by Crippen LogP contribution is -1.99. The number of hydrogen-bond acceptors (Lipinski definition) is 4. The molecule has 0 saturated heterocycles. The van der Waals surface area contributed by atoms with Crippen LogP contribution < -0.4 is 5.32 Å². The van der Waals surface area contributed by atoms with Gasteiger partial charge in [-0.3, -0.25) is 0 Å². The van der Waals surface area contributed by atoms with Crippen molar-refractivity contribution in [3.8, 4) is 17.5 Å². The largest absolute Gasteiger partial charge is 0.340 e. The quantitative estimate of drug-likeness (QED) is 0.787. The molecule has 0 bridgehead atoms. The summed E-state index contributed by atoms with van der Waals surface area (Å²) in [6, 6.07) is 17.5. The standard InChI is InChI=1S/C18H13FN4/c1-12-9-17(22-15-7-8-16(19)14(10-15)11-20)23-18(21-12)13-5-3-2-4-6-13/h2-10H,1H3,(H,21,22,23). The maximum absolute atomic E-state index is 13.4. The molecule has 3 aromatic rings. The molecule has 5 heteroatoms. The Bertz CT molecular complexity index is 885. The highest BCUT2D eigenvalue weighted by atomic mass is 19.1. The van der Waals surface area contributed by atoms with Crippen molar-refractivity contribution in [2.75, 3.05) is 5.32 Å². The summed E-state index contributed by atoms with van der Waals surface area (Å²) in [5, 5.41) is 12.0. The minimum Gasteiger partial charge on any atom is -0.340 e. The molecule has 1 aromatic heterocycles. The molecule has 112 valence electrons.